The summed E-state index contributed by atoms with van der Waals surface area (Å²) in [5, 5.41) is 0. The van der Waals surface area contributed by atoms with Gasteiger partial charge >= 0.3 is 0 Å². The first kappa shape index (κ1) is 19.2. The fourth-order valence-corrected chi connectivity index (χ4v) is 4.21. The van der Waals surface area contributed by atoms with E-state index in [1.165, 1.54) is 9.87 Å². The minimum Gasteiger partial charge on any atom is -0.269 e. The summed E-state index contributed by atoms with van der Waals surface area (Å²) in [7, 11) is -3.58. The number of nitrogens with zero attached hydrogens (tertiary/aromatic N) is 1. The van der Waals surface area contributed by atoms with Gasteiger partial charge in [-0.15, -0.1) is 5.73 Å². The minimum absolute atomic E-state index is 0.252. The van der Waals surface area contributed by atoms with Crippen LogP contribution in [0.5, 0.6) is 0 Å². The maximum Gasteiger partial charge on any atom is 0.264 e. The predicted molar refractivity (Wildman–Crippen MR) is 111 cm³/mol. The molecular formula is C23H25NO2S. The first-order chi connectivity index (χ1) is 12.7. The number of rotatable bonds is 3. The van der Waals surface area contributed by atoms with Gasteiger partial charge in [0.1, 0.15) is 0 Å². The van der Waals surface area contributed by atoms with Crippen molar-refractivity contribution in [3.05, 3.63) is 88.8 Å². The van der Waals surface area contributed by atoms with Crippen LogP contribution in [0.3, 0.4) is 0 Å². The van der Waals surface area contributed by atoms with Crippen LogP contribution in [0.2, 0.25) is 0 Å². The van der Waals surface area contributed by atoms with E-state index in [1.54, 1.807) is 18.3 Å². The number of aryl methyl sites for hydroxylation is 2. The van der Waals surface area contributed by atoms with Crippen molar-refractivity contribution in [1.29, 1.82) is 0 Å². The summed E-state index contributed by atoms with van der Waals surface area (Å²) in [4.78, 5) is 0.305. The SMILES string of the molecule is Cc1ccc(S(=O)(=O)N2C=CC(C)(C)C(=C=Cc3ccccc3C)C2)cc1. The first-order valence-electron chi connectivity index (χ1n) is 9.00. The van der Waals surface area contributed by atoms with Gasteiger partial charge < -0.3 is 0 Å². The topological polar surface area (TPSA) is 37.4 Å². The Bertz CT molecular complexity index is 1040. The molecule has 0 N–H and O–H groups in total. The monoisotopic (exact) mass is 379 g/mol. The Morgan fingerprint density at radius 2 is 1.70 bits per heavy atom. The fraction of sp³-hybridized carbons (Fsp3) is 0.261. The number of hydrogen-bond donors (Lipinski definition) is 0. The Hall–Kier alpha value is -2.55. The lowest BCUT2D eigenvalue weighted by atomic mass is 9.83. The van der Waals surface area contributed by atoms with Crippen LogP contribution in [-0.4, -0.2) is 19.3 Å². The lowest BCUT2D eigenvalue weighted by molar-refractivity contribution is 0.446. The summed E-state index contributed by atoms with van der Waals surface area (Å²) in [6.45, 7) is 8.44. The van der Waals surface area contributed by atoms with E-state index in [1.807, 2.05) is 49.4 Å². The summed E-state index contributed by atoms with van der Waals surface area (Å²) >= 11 is 0. The predicted octanol–water partition coefficient (Wildman–Crippen LogP) is 5.09. The second-order valence-corrected chi connectivity index (χ2v) is 9.42. The molecule has 140 valence electrons. The van der Waals surface area contributed by atoms with Crippen molar-refractivity contribution in [3.8, 4) is 0 Å². The molecule has 0 saturated heterocycles. The zero-order chi connectivity index (χ0) is 19.7. The second kappa shape index (κ2) is 7.22. The van der Waals surface area contributed by atoms with Gasteiger partial charge in [-0.05, 0) is 43.2 Å². The molecule has 0 atom stereocenters. The van der Waals surface area contributed by atoms with Crippen LogP contribution in [0.25, 0.3) is 6.08 Å². The molecule has 4 heteroatoms. The summed E-state index contributed by atoms with van der Waals surface area (Å²) in [5.41, 5.74) is 7.33. The molecule has 3 nitrogen and oxygen atoms in total. The summed E-state index contributed by atoms with van der Waals surface area (Å²) < 4.78 is 27.4. The Balaban J connectivity index is 1.99. The van der Waals surface area contributed by atoms with Crippen LogP contribution >= 0.6 is 0 Å². The van der Waals surface area contributed by atoms with Gasteiger partial charge in [-0.3, -0.25) is 4.31 Å². The molecule has 0 radical (unpaired) electrons. The zero-order valence-corrected chi connectivity index (χ0v) is 17.0. The summed E-state index contributed by atoms with van der Waals surface area (Å²) in [5.74, 6) is 0. The van der Waals surface area contributed by atoms with Gasteiger partial charge in [-0.2, -0.15) is 0 Å². The van der Waals surface area contributed by atoms with Crippen LogP contribution in [0.15, 0.2) is 77.0 Å². The normalized spacial score (nSPS) is 16.1. The molecule has 1 aliphatic heterocycles. The smallest absolute Gasteiger partial charge is 0.264 e. The minimum atomic E-state index is -3.58. The Morgan fingerprint density at radius 1 is 1.04 bits per heavy atom. The van der Waals surface area contributed by atoms with Gasteiger partial charge in [0.25, 0.3) is 10.0 Å². The average Bonchev–Trinajstić information content (AvgIpc) is 2.62. The van der Waals surface area contributed by atoms with E-state index in [9.17, 15) is 8.42 Å². The van der Waals surface area contributed by atoms with Crippen molar-refractivity contribution in [3.63, 3.8) is 0 Å². The number of allylic oxidation sites excluding steroid dienone is 1. The Labute approximate surface area is 162 Å². The van der Waals surface area contributed by atoms with E-state index < -0.39 is 10.0 Å². The van der Waals surface area contributed by atoms with Gasteiger partial charge in [0.05, 0.1) is 11.4 Å². The molecule has 0 aromatic heterocycles. The molecule has 1 heterocycles. The summed E-state index contributed by atoms with van der Waals surface area (Å²) in [6.07, 6.45) is 5.55. The standard InChI is InChI=1S/C23H25NO2S/c1-18-9-13-22(14-10-18)27(25,26)24-16-15-23(3,4)21(17-24)12-11-20-8-6-5-7-19(20)2/h5-11,13-16H,17H2,1-4H3. The van der Waals surface area contributed by atoms with Crippen LogP contribution in [0, 0.1) is 19.3 Å². The molecule has 0 unspecified atom stereocenters. The molecule has 27 heavy (non-hydrogen) atoms. The summed E-state index contributed by atoms with van der Waals surface area (Å²) in [6, 6.07) is 15.0. The van der Waals surface area contributed by atoms with Crippen LogP contribution in [0.1, 0.15) is 30.5 Å². The van der Waals surface area contributed by atoms with Crippen molar-refractivity contribution < 1.29 is 8.42 Å². The van der Waals surface area contributed by atoms with E-state index in [4.69, 9.17) is 0 Å². The third-order valence-corrected chi connectivity index (χ3v) is 6.70. The quantitative estimate of drug-likeness (QED) is 0.697. The second-order valence-electron chi connectivity index (χ2n) is 7.52. The lowest BCUT2D eigenvalue weighted by Gasteiger charge is -2.33. The van der Waals surface area contributed by atoms with Gasteiger partial charge in [0.15, 0.2) is 0 Å². The van der Waals surface area contributed by atoms with Crippen molar-refractivity contribution >= 4 is 16.1 Å². The van der Waals surface area contributed by atoms with Crippen molar-refractivity contribution in [2.24, 2.45) is 5.41 Å². The molecule has 0 bridgehead atoms. The highest BCUT2D eigenvalue weighted by atomic mass is 32.2. The number of sulfonamides is 1. The fourth-order valence-electron chi connectivity index (χ4n) is 2.94. The molecule has 3 rings (SSSR count). The molecule has 0 amide bonds. The molecule has 2 aromatic rings. The zero-order valence-electron chi connectivity index (χ0n) is 16.2. The lowest BCUT2D eigenvalue weighted by Crippen LogP contribution is -2.35. The highest BCUT2D eigenvalue weighted by molar-refractivity contribution is 7.89. The molecule has 0 aliphatic carbocycles. The first-order valence-corrected chi connectivity index (χ1v) is 10.4. The van der Waals surface area contributed by atoms with Crippen LogP contribution in [0.4, 0.5) is 0 Å². The van der Waals surface area contributed by atoms with Gasteiger partial charge in [-0.25, -0.2) is 8.42 Å². The maximum atomic E-state index is 13.0. The number of benzene rings is 2. The molecule has 0 spiro atoms. The highest BCUT2D eigenvalue weighted by Gasteiger charge is 2.31. The Kier molecular flexibility index (Phi) is 5.14. The van der Waals surface area contributed by atoms with Crippen LogP contribution in [-0.2, 0) is 10.0 Å². The average molecular weight is 380 g/mol. The van der Waals surface area contributed by atoms with E-state index in [-0.39, 0.29) is 5.41 Å². The van der Waals surface area contributed by atoms with Gasteiger partial charge in [-0.1, -0.05) is 61.9 Å². The third-order valence-electron chi connectivity index (χ3n) is 4.97. The largest absolute Gasteiger partial charge is 0.269 e. The molecule has 0 saturated carbocycles. The highest BCUT2D eigenvalue weighted by Crippen LogP contribution is 2.34. The van der Waals surface area contributed by atoms with E-state index >= 15 is 0 Å². The van der Waals surface area contributed by atoms with Crippen LogP contribution < -0.4 is 0 Å². The van der Waals surface area contributed by atoms with Gasteiger partial charge in [0.2, 0.25) is 0 Å². The molecule has 2 aromatic carbocycles. The maximum absolute atomic E-state index is 13.0. The molecule has 0 fully saturated rings. The van der Waals surface area contributed by atoms with Crippen molar-refractivity contribution in [2.75, 3.05) is 6.54 Å². The van der Waals surface area contributed by atoms with E-state index in [0.29, 0.717) is 11.4 Å². The van der Waals surface area contributed by atoms with E-state index in [2.05, 4.69) is 32.6 Å². The third kappa shape index (κ3) is 4.08. The molecular weight excluding hydrogens is 354 g/mol. The van der Waals surface area contributed by atoms with Crippen molar-refractivity contribution in [1.82, 2.24) is 4.31 Å². The van der Waals surface area contributed by atoms with E-state index in [0.717, 1.165) is 16.7 Å². The molecule has 1 aliphatic rings. The Morgan fingerprint density at radius 3 is 2.37 bits per heavy atom. The van der Waals surface area contributed by atoms with Gasteiger partial charge in [0, 0.05) is 17.2 Å². The van der Waals surface area contributed by atoms with Crippen molar-refractivity contribution in [2.45, 2.75) is 32.6 Å². The number of hydrogen-bond acceptors (Lipinski definition) is 2.